The molecule has 2 aliphatic rings. The Kier molecular flexibility index (Phi) is 2.76. The van der Waals surface area contributed by atoms with Crippen LogP contribution in [0.25, 0.3) is 0 Å². The number of carbonyl (C=O) groups excluding carboxylic acids is 3. The number of benzene rings is 1. The van der Waals surface area contributed by atoms with Gasteiger partial charge in [0.25, 0.3) is 5.91 Å². The summed E-state index contributed by atoms with van der Waals surface area (Å²) in [5.41, 5.74) is 1.17. The number of nitrogens with zero attached hydrogens (tertiary/aromatic N) is 1. The Morgan fingerprint density at radius 2 is 1.70 bits per heavy atom. The summed E-state index contributed by atoms with van der Waals surface area (Å²) >= 11 is 3.39. The van der Waals surface area contributed by atoms with Crippen LogP contribution in [0, 0.1) is 19.3 Å². The molecular weight excluding hydrogens is 324 g/mol. The third-order valence-corrected chi connectivity index (χ3v) is 4.36. The third-order valence-electron chi connectivity index (χ3n) is 3.90. The Bertz CT molecular complexity index is 641. The first-order valence-corrected chi connectivity index (χ1v) is 7.13. The molecule has 20 heavy (non-hydrogen) atoms. The first-order chi connectivity index (χ1) is 9.36. The van der Waals surface area contributed by atoms with Crippen molar-refractivity contribution in [2.75, 3.05) is 4.90 Å². The largest absolute Gasteiger partial charge is 0.335 e. The fourth-order valence-electron chi connectivity index (χ4n) is 2.70. The lowest BCUT2D eigenvalue weighted by Gasteiger charge is -2.32. The van der Waals surface area contributed by atoms with Gasteiger partial charge < -0.3 is 0 Å². The number of carbonyl (C=O) groups is 3. The number of rotatable bonds is 1. The summed E-state index contributed by atoms with van der Waals surface area (Å²) in [6, 6.07) is 3.03. The number of imide groups is 2. The van der Waals surface area contributed by atoms with Crippen molar-refractivity contribution in [3.05, 3.63) is 27.7 Å². The SMILES string of the molecule is Cc1cc(Br)cc(C)c1N1C(=O)NC(=O)C2(CC2)C1=O. The van der Waals surface area contributed by atoms with Crippen molar-refractivity contribution in [2.24, 2.45) is 5.41 Å². The van der Waals surface area contributed by atoms with Crippen molar-refractivity contribution in [1.82, 2.24) is 5.32 Å². The van der Waals surface area contributed by atoms with E-state index in [1.165, 1.54) is 0 Å². The van der Waals surface area contributed by atoms with Gasteiger partial charge in [-0.25, -0.2) is 9.69 Å². The van der Waals surface area contributed by atoms with E-state index < -0.39 is 23.3 Å². The van der Waals surface area contributed by atoms with Gasteiger partial charge in [-0.2, -0.15) is 0 Å². The van der Waals surface area contributed by atoms with Crippen molar-refractivity contribution < 1.29 is 14.4 Å². The summed E-state index contributed by atoms with van der Waals surface area (Å²) in [7, 11) is 0. The highest BCUT2D eigenvalue weighted by Crippen LogP contribution is 2.50. The van der Waals surface area contributed by atoms with Gasteiger partial charge in [-0.15, -0.1) is 0 Å². The molecule has 1 saturated heterocycles. The van der Waals surface area contributed by atoms with Crippen LogP contribution in [0.15, 0.2) is 16.6 Å². The fraction of sp³-hybridized carbons (Fsp3) is 0.357. The molecule has 1 aliphatic heterocycles. The summed E-state index contributed by atoms with van der Waals surface area (Å²) in [5, 5.41) is 2.30. The second kappa shape index (κ2) is 4.15. The summed E-state index contributed by atoms with van der Waals surface area (Å²) in [6.07, 6.45) is 1.02. The summed E-state index contributed by atoms with van der Waals surface area (Å²) in [6.45, 7) is 3.67. The Morgan fingerprint density at radius 1 is 1.15 bits per heavy atom. The van der Waals surface area contributed by atoms with Gasteiger partial charge in [-0.05, 0) is 49.9 Å². The molecule has 2 fully saturated rings. The standard InChI is InChI=1S/C14H13BrN2O3/c1-7-5-9(15)6-8(2)10(7)17-12(19)14(3-4-14)11(18)16-13(17)20/h5-6H,3-4H2,1-2H3,(H,16,18,20). The highest BCUT2D eigenvalue weighted by molar-refractivity contribution is 9.10. The Balaban J connectivity index is 2.12. The molecule has 1 saturated carbocycles. The molecule has 104 valence electrons. The maximum atomic E-state index is 12.6. The van der Waals surface area contributed by atoms with E-state index in [4.69, 9.17) is 0 Å². The van der Waals surface area contributed by atoms with E-state index in [9.17, 15) is 14.4 Å². The molecule has 1 heterocycles. The van der Waals surface area contributed by atoms with E-state index in [2.05, 4.69) is 21.2 Å². The molecule has 1 N–H and O–H groups in total. The first kappa shape index (κ1) is 13.3. The molecule has 1 spiro atoms. The predicted octanol–water partition coefficient (Wildman–Crippen LogP) is 2.43. The van der Waals surface area contributed by atoms with Crippen LogP contribution in [-0.4, -0.2) is 17.8 Å². The van der Waals surface area contributed by atoms with Crippen molar-refractivity contribution >= 4 is 39.5 Å². The first-order valence-electron chi connectivity index (χ1n) is 6.33. The minimum atomic E-state index is -1.01. The molecule has 0 radical (unpaired) electrons. The van der Waals surface area contributed by atoms with E-state index in [1.54, 1.807) is 0 Å². The molecule has 3 rings (SSSR count). The second-order valence-electron chi connectivity index (χ2n) is 5.37. The molecule has 0 atom stereocenters. The lowest BCUT2D eigenvalue weighted by Crippen LogP contribution is -2.59. The molecule has 5 nitrogen and oxygen atoms in total. The molecule has 4 amide bonds. The van der Waals surface area contributed by atoms with Gasteiger partial charge in [0.15, 0.2) is 0 Å². The van der Waals surface area contributed by atoms with Crippen LogP contribution in [-0.2, 0) is 9.59 Å². The summed E-state index contributed by atoms with van der Waals surface area (Å²) in [5.74, 6) is -0.865. The van der Waals surface area contributed by atoms with Crippen LogP contribution in [0.3, 0.4) is 0 Å². The van der Waals surface area contributed by atoms with Crippen molar-refractivity contribution in [3.8, 4) is 0 Å². The Morgan fingerprint density at radius 3 is 2.20 bits per heavy atom. The van der Waals surface area contributed by atoms with Gasteiger partial charge in [-0.1, -0.05) is 15.9 Å². The molecular formula is C14H13BrN2O3. The maximum absolute atomic E-state index is 12.6. The topological polar surface area (TPSA) is 66.5 Å². The van der Waals surface area contributed by atoms with Crippen LogP contribution >= 0.6 is 15.9 Å². The van der Waals surface area contributed by atoms with Crippen LogP contribution in [0.5, 0.6) is 0 Å². The van der Waals surface area contributed by atoms with Crippen molar-refractivity contribution in [3.63, 3.8) is 0 Å². The fourth-order valence-corrected chi connectivity index (χ4v) is 3.39. The number of amides is 4. The normalized spacial score (nSPS) is 20.4. The third kappa shape index (κ3) is 1.71. The molecule has 1 aliphatic carbocycles. The Labute approximate surface area is 124 Å². The number of hydrogen-bond acceptors (Lipinski definition) is 3. The Hall–Kier alpha value is -1.69. The van der Waals surface area contributed by atoms with E-state index in [0.29, 0.717) is 18.5 Å². The lowest BCUT2D eigenvalue weighted by atomic mass is 9.99. The molecule has 1 aromatic carbocycles. The zero-order valence-corrected chi connectivity index (χ0v) is 12.7. The number of aryl methyl sites for hydroxylation is 2. The van der Waals surface area contributed by atoms with Crippen molar-refractivity contribution in [1.29, 1.82) is 0 Å². The van der Waals surface area contributed by atoms with E-state index in [-0.39, 0.29) is 0 Å². The highest BCUT2D eigenvalue weighted by Gasteiger charge is 2.62. The molecule has 0 bridgehead atoms. The summed E-state index contributed by atoms with van der Waals surface area (Å²) in [4.78, 5) is 37.6. The van der Waals surface area contributed by atoms with E-state index >= 15 is 0 Å². The maximum Gasteiger partial charge on any atom is 0.335 e. The van der Waals surface area contributed by atoms with Crippen LogP contribution in [0.1, 0.15) is 24.0 Å². The molecule has 0 unspecified atom stereocenters. The van der Waals surface area contributed by atoms with Gasteiger partial charge in [-0.3, -0.25) is 14.9 Å². The number of hydrogen-bond donors (Lipinski definition) is 1. The monoisotopic (exact) mass is 336 g/mol. The van der Waals surface area contributed by atoms with Crippen LogP contribution < -0.4 is 10.2 Å². The quantitative estimate of drug-likeness (QED) is 0.801. The van der Waals surface area contributed by atoms with Gasteiger partial charge >= 0.3 is 6.03 Å². The van der Waals surface area contributed by atoms with Crippen LogP contribution in [0.4, 0.5) is 10.5 Å². The number of barbiturate groups is 1. The summed E-state index contributed by atoms with van der Waals surface area (Å²) < 4.78 is 0.887. The van der Waals surface area contributed by atoms with E-state index in [0.717, 1.165) is 20.5 Å². The van der Waals surface area contributed by atoms with Gasteiger partial charge in [0, 0.05) is 4.47 Å². The van der Waals surface area contributed by atoms with Gasteiger partial charge in [0.2, 0.25) is 5.91 Å². The highest BCUT2D eigenvalue weighted by atomic mass is 79.9. The van der Waals surface area contributed by atoms with Gasteiger partial charge in [0.05, 0.1) is 5.69 Å². The molecule has 0 aromatic heterocycles. The second-order valence-corrected chi connectivity index (χ2v) is 6.29. The number of nitrogens with one attached hydrogen (secondary N) is 1. The average Bonchev–Trinajstić information content (AvgIpc) is 3.12. The van der Waals surface area contributed by atoms with E-state index in [1.807, 2.05) is 26.0 Å². The lowest BCUT2D eigenvalue weighted by molar-refractivity contribution is -0.136. The number of halogens is 1. The minimum Gasteiger partial charge on any atom is -0.276 e. The molecule has 6 heteroatoms. The van der Waals surface area contributed by atoms with Gasteiger partial charge in [0.1, 0.15) is 5.41 Å². The number of anilines is 1. The zero-order valence-electron chi connectivity index (χ0n) is 11.1. The minimum absolute atomic E-state index is 0.403. The van der Waals surface area contributed by atoms with Crippen molar-refractivity contribution in [2.45, 2.75) is 26.7 Å². The zero-order chi connectivity index (χ0) is 14.7. The average molecular weight is 337 g/mol. The predicted molar refractivity (Wildman–Crippen MR) is 76.3 cm³/mol. The number of urea groups is 1. The molecule has 1 aromatic rings. The van der Waals surface area contributed by atoms with Crippen LogP contribution in [0.2, 0.25) is 0 Å². The smallest absolute Gasteiger partial charge is 0.276 e.